The first kappa shape index (κ1) is 13.5. The van der Waals surface area contributed by atoms with Crippen molar-refractivity contribution in [3.8, 4) is 0 Å². The molecule has 0 aliphatic heterocycles. The zero-order valence-electron chi connectivity index (χ0n) is 11.9. The number of benzene rings is 2. The van der Waals surface area contributed by atoms with E-state index in [1.807, 2.05) is 6.07 Å². The number of methoxy groups -OCH3 is 1. The van der Waals surface area contributed by atoms with Crippen LogP contribution in [0, 0.1) is 0 Å². The summed E-state index contributed by atoms with van der Waals surface area (Å²) in [6, 6.07) is 14.0. The first-order valence-electron chi connectivity index (χ1n) is 6.98. The molecule has 1 aliphatic carbocycles. The van der Waals surface area contributed by atoms with Crippen molar-refractivity contribution < 1.29 is 9.53 Å². The van der Waals surface area contributed by atoms with Crippen LogP contribution in [-0.4, -0.2) is 19.1 Å². The lowest BCUT2D eigenvalue weighted by atomic mass is 10.1. The summed E-state index contributed by atoms with van der Waals surface area (Å²) in [7, 11) is 1.36. The predicted molar refractivity (Wildman–Crippen MR) is 83.5 cm³/mol. The molecule has 4 nitrogen and oxygen atoms in total. The van der Waals surface area contributed by atoms with Crippen LogP contribution in [0.25, 0.3) is 0 Å². The van der Waals surface area contributed by atoms with Gasteiger partial charge in [-0.1, -0.05) is 24.3 Å². The SMILES string of the molecule is COC(=O)c1ccc(NC2Cc3ccccc3C2)c(N)c1. The minimum absolute atomic E-state index is 0.341. The summed E-state index contributed by atoms with van der Waals surface area (Å²) >= 11 is 0. The normalized spacial score (nSPS) is 13.8. The molecule has 0 heterocycles. The Kier molecular flexibility index (Phi) is 3.52. The third kappa shape index (κ3) is 2.70. The summed E-state index contributed by atoms with van der Waals surface area (Å²) in [5.41, 5.74) is 10.7. The van der Waals surface area contributed by atoms with Crippen LogP contribution in [0.15, 0.2) is 42.5 Å². The maximum Gasteiger partial charge on any atom is 0.337 e. The highest BCUT2D eigenvalue weighted by atomic mass is 16.5. The molecule has 0 saturated heterocycles. The molecule has 0 atom stereocenters. The van der Waals surface area contributed by atoms with Gasteiger partial charge >= 0.3 is 5.97 Å². The van der Waals surface area contributed by atoms with Gasteiger partial charge in [0.15, 0.2) is 0 Å². The predicted octanol–water partition coefficient (Wildman–Crippen LogP) is 2.63. The maximum atomic E-state index is 11.5. The Morgan fingerprint density at radius 1 is 1.19 bits per heavy atom. The van der Waals surface area contributed by atoms with E-state index in [-0.39, 0.29) is 5.97 Å². The Bertz CT molecular complexity index is 657. The molecule has 2 aromatic rings. The first-order valence-corrected chi connectivity index (χ1v) is 6.98. The number of carbonyl (C=O) groups is 1. The average molecular weight is 282 g/mol. The van der Waals surface area contributed by atoms with Gasteiger partial charge < -0.3 is 15.8 Å². The van der Waals surface area contributed by atoms with Crippen LogP contribution in [0.4, 0.5) is 11.4 Å². The molecule has 108 valence electrons. The number of nitrogens with one attached hydrogen (secondary N) is 1. The smallest absolute Gasteiger partial charge is 0.337 e. The Morgan fingerprint density at radius 3 is 2.43 bits per heavy atom. The van der Waals surface area contributed by atoms with Crippen molar-refractivity contribution in [1.29, 1.82) is 0 Å². The number of nitrogens with two attached hydrogens (primary N) is 1. The van der Waals surface area contributed by atoms with Gasteiger partial charge in [-0.15, -0.1) is 0 Å². The number of rotatable bonds is 3. The molecule has 0 radical (unpaired) electrons. The Labute approximate surface area is 123 Å². The Morgan fingerprint density at radius 2 is 1.86 bits per heavy atom. The molecule has 0 fully saturated rings. The van der Waals surface area contributed by atoms with E-state index in [0.29, 0.717) is 17.3 Å². The topological polar surface area (TPSA) is 64.3 Å². The molecular formula is C17H18N2O2. The van der Waals surface area contributed by atoms with E-state index in [9.17, 15) is 4.79 Å². The molecule has 4 heteroatoms. The van der Waals surface area contributed by atoms with Crippen LogP contribution in [-0.2, 0) is 17.6 Å². The van der Waals surface area contributed by atoms with E-state index in [1.165, 1.54) is 18.2 Å². The van der Waals surface area contributed by atoms with E-state index >= 15 is 0 Å². The third-order valence-corrected chi connectivity index (χ3v) is 3.88. The lowest BCUT2D eigenvalue weighted by Gasteiger charge is -2.16. The average Bonchev–Trinajstić information content (AvgIpc) is 2.90. The first-order chi connectivity index (χ1) is 10.2. The highest BCUT2D eigenvalue weighted by Crippen LogP contribution is 2.27. The largest absolute Gasteiger partial charge is 0.465 e. The second-order valence-electron chi connectivity index (χ2n) is 5.31. The molecule has 2 aromatic carbocycles. The fourth-order valence-corrected chi connectivity index (χ4v) is 2.82. The molecule has 3 rings (SSSR count). The Balaban J connectivity index is 1.74. The molecule has 0 bridgehead atoms. The highest BCUT2D eigenvalue weighted by Gasteiger charge is 2.21. The van der Waals surface area contributed by atoms with Gasteiger partial charge in [0.2, 0.25) is 0 Å². The van der Waals surface area contributed by atoms with Gasteiger partial charge in [-0.25, -0.2) is 4.79 Å². The van der Waals surface area contributed by atoms with Crippen LogP contribution >= 0.6 is 0 Å². The van der Waals surface area contributed by atoms with Crippen molar-refractivity contribution >= 4 is 17.3 Å². The second-order valence-corrected chi connectivity index (χ2v) is 5.31. The third-order valence-electron chi connectivity index (χ3n) is 3.88. The number of hydrogen-bond acceptors (Lipinski definition) is 4. The monoisotopic (exact) mass is 282 g/mol. The second kappa shape index (κ2) is 5.48. The number of anilines is 2. The summed E-state index contributed by atoms with van der Waals surface area (Å²) in [6.07, 6.45) is 1.99. The lowest BCUT2D eigenvalue weighted by molar-refractivity contribution is 0.0601. The lowest BCUT2D eigenvalue weighted by Crippen LogP contribution is -2.20. The van der Waals surface area contributed by atoms with Crippen molar-refractivity contribution in [2.24, 2.45) is 0 Å². The van der Waals surface area contributed by atoms with Gasteiger partial charge in [-0.2, -0.15) is 0 Å². The van der Waals surface area contributed by atoms with Gasteiger partial charge in [0.25, 0.3) is 0 Å². The van der Waals surface area contributed by atoms with Crippen molar-refractivity contribution in [2.75, 3.05) is 18.2 Å². The number of fused-ring (bicyclic) bond motifs is 1. The fraction of sp³-hybridized carbons (Fsp3) is 0.235. The highest BCUT2D eigenvalue weighted by molar-refractivity contribution is 5.91. The number of carbonyl (C=O) groups excluding carboxylic acids is 1. The van der Waals surface area contributed by atoms with Crippen LogP contribution in [0.5, 0.6) is 0 Å². The molecular weight excluding hydrogens is 264 g/mol. The summed E-state index contributed by atoms with van der Waals surface area (Å²) in [5.74, 6) is -0.374. The molecule has 0 aromatic heterocycles. The minimum atomic E-state index is -0.374. The molecule has 0 amide bonds. The van der Waals surface area contributed by atoms with E-state index in [0.717, 1.165) is 18.5 Å². The number of ether oxygens (including phenoxy) is 1. The van der Waals surface area contributed by atoms with Gasteiger partial charge in [-0.05, 0) is 42.2 Å². The van der Waals surface area contributed by atoms with E-state index in [1.54, 1.807) is 12.1 Å². The van der Waals surface area contributed by atoms with Gasteiger partial charge in [0.1, 0.15) is 0 Å². The van der Waals surface area contributed by atoms with Gasteiger partial charge in [-0.3, -0.25) is 0 Å². The maximum absolute atomic E-state index is 11.5. The van der Waals surface area contributed by atoms with E-state index in [2.05, 4.69) is 29.6 Å². The summed E-state index contributed by atoms with van der Waals surface area (Å²) < 4.78 is 4.69. The molecule has 0 spiro atoms. The van der Waals surface area contributed by atoms with Crippen molar-refractivity contribution in [2.45, 2.75) is 18.9 Å². The number of hydrogen-bond donors (Lipinski definition) is 2. The molecule has 1 aliphatic rings. The number of nitrogen functional groups attached to an aromatic ring is 1. The van der Waals surface area contributed by atoms with Crippen LogP contribution in [0.2, 0.25) is 0 Å². The summed E-state index contributed by atoms with van der Waals surface area (Å²) in [5, 5.41) is 3.46. The van der Waals surface area contributed by atoms with Crippen molar-refractivity contribution in [3.63, 3.8) is 0 Å². The van der Waals surface area contributed by atoms with E-state index in [4.69, 9.17) is 10.5 Å². The fourth-order valence-electron chi connectivity index (χ4n) is 2.82. The standard InChI is InChI=1S/C17H18N2O2/c1-21-17(20)13-6-7-16(15(18)10-13)19-14-8-11-4-2-3-5-12(11)9-14/h2-7,10,14,19H,8-9,18H2,1H3. The van der Waals surface area contributed by atoms with Crippen molar-refractivity contribution in [3.05, 3.63) is 59.2 Å². The summed E-state index contributed by atoms with van der Waals surface area (Å²) in [4.78, 5) is 11.5. The summed E-state index contributed by atoms with van der Waals surface area (Å²) in [6.45, 7) is 0. The van der Waals surface area contributed by atoms with Crippen LogP contribution in [0.3, 0.4) is 0 Å². The molecule has 0 saturated carbocycles. The van der Waals surface area contributed by atoms with Crippen LogP contribution in [0.1, 0.15) is 21.5 Å². The zero-order chi connectivity index (χ0) is 14.8. The van der Waals surface area contributed by atoms with Crippen molar-refractivity contribution in [1.82, 2.24) is 0 Å². The van der Waals surface area contributed by atoms with Gasteiger partial charge in [0, 0.05) is 6.04 Å². The number of esters is 1. The van der Waals surface area contributed by atoms with E-state index < -0.39 is 0 Å². The van der Waals surface area contributed by atoms with Crippen LogP contribution < -0.4 is 11.1 Å². The molecule has 0 unspecified atom stereocenters. The molecule has 3 N–H and O–H groups in total. The molecule has 21 heavy (non-hydrogen) atoms. The van der Waals surface area contributed by atoms with Gasteiger partial charge in [0.05, 0.1) is 24.0 Å². The quantitative estimate of drug-likeness (QED) is 0.671. The minimum Gasteiger partial charge on any atom is -0.465 e. The Hall–Kier alpha value is -2.49. The zero-order valence-corrected chi connectivity index (χ0v) is 11.9.